The third kappa shape index (κ3) is 6.78. The molecule has 5 nitrogen and oxygen atoms in total. The summed E-state index contributed by atoms with van der Waals surface area (Å²) in [5, 5.41) is 16.8. The first-order valence-corrected chi connectivity index (χ1v) is 8.44. The second kappa shape index (κ2) is 10.4. The number of aliphatic imine (C=N–C) groups is 1. The van der Waals surface area contributed by atoms with E-state index < -0.39 is 5.60 Å². The molecule has 1 aromatic heterocycles. The summed E-state index contributed by atoms with van der Waals surface area (Å²) in [5.74, 6) is 0.809. The molecule has 2 N–H and O–H groups in total. The lowest BCUT2D eigenvalue weighted by Gasteiger charge is -2.26. The molecule has 128 valence electrons. The second-order valence-electron chi connectivity index (χ2n) is 5.32. The van der Waals surface area contributed by atoms with Crippen molar-refractivity contribution in [2.24, 2.45) is 4.99 Å². The Labute approximate surface area is 155 Å². The Morgan fingerprint density at radius 1 is 1.41 bits per heavy atom. The van der Waals surface area contributed by atoms with Gasteiger partial charge in [-0.1, -0.05) is 13.8 Å². The number of hydrogen-bond donors (Lipinski definition) is 2. The smallest absolute Gasteiger partial charge is 0.194 e. The molecular weight excluding hydrogens is 411 g/mol. The molecular formula is C15H29IN4OS. The minimum atomic E-state index is -0.710. The van der Waals surface area contributed by atoms with Crippen LogP contribution in [0.5, 0.6) is 0 Å². The SMILES string of the molecule is CCNC(=NCC(O)(CC)CC)N(C)Cc1csc(C)n1.I. The number of nitrogens with zero attached hydrogens (tertiary/aromatic N) is 3. The number of guanidine groups is 1. The normalized spacial score (nSPS) is 12.0. The third-order valence-electron chi connectivity index (χ3n) is 3.60. The van der Waals surface area contributed by atoms with Crippen LogP contribution < -0.4 is 5.32 Å². The fourth-order valence-corrected chi connectivity index (χ4v) is 2.57. The summed E-state index contributed by atoms with van der Waals surface area (Å²) < 4.78 is 0. The molecule has 0 aliphatic rings. The van der Waals surface area contributed by atoms with E-state index in [0.29, 0.717) is 25.9 Å². The minimum Gasteiger partial charge on any atom is -0.388 e. The third-order valence-corrected chi connectivity index (χ3v) is 4.42. The maximum atomic E-state index is 10.4. The first kappa shape index (κ1) is 21.6. The molecule has 0 saturated carbocycles. The lowest BCUT2D eigenvalue weighted by molar-refractivity contribution is 0.0416. The molecule has 0 aliphatic carbocycles. The summed E-state index contributed by atoms with van der Waals surface area (Å²) in [6, 6.07) is 0. The van der Waals surface area contributed by atoms with Gasteiger partial charge in [0.2, 0.25) is 0 Å². The zero-order chi connectivity index (χ0) is 15.9. The van der Waals surface area contributed by atoms with E-state index in [0.717, 1.165) is 23.2 Å². The Kier molecular flexibility index (Phi) is 10.2. The summed E-state index contributed by atoms with van der Waals surface area (Å²) in [6.07, 6.45) is 1.42. The molecule has 0 bridgehead atoms. The standard InChI is InChI=1S/C15H28N4OS.HI/c1-6-15(20,7-2)11-17-14(16-8-3)19(5)9-13-10-21-12(4)18-13;/h10,20H,6-9,11H2,1-5H3,(H,16,17);1H. The average molecular weight is 440 g/mol. The number of nitrogens with one attached hydrogen (secondary N) is 1. The first-order chi connectivity index (χ1) is 9.94. The monoisotopic (exact) mass is 440 g/mol. The van der Waals surface area contributed by atoms with E-state index in [1.165, 1.54) is 0 Å². The van der Waals surface area contributed by atoms with Crippen LogP contribution in [-0.4, -0.2) is 46.7 Å². The lowest BCUT2D eigenvalue weighted by Crippen LogP contribution is -2.40. The Morgan fingerprint density at radius 2 is 2.05 bits per heavy atom. The molecule has 0 aliphatic heterocycles. The number of aryl methyl sites for hydroxylation is 1. The van der Waals surface area contributed by atoms with Crippen molar-refractivity contribution in [1.29, 1.82) is 0 Å². The zero-order valence-electron chi connectivity index (χ0n) is 14.2. The van der Waals surface area contributed by atoms with Crippen molar-refractivity contribution >= 4 is 41.3 Å². The van der Waals surface area contributed by atoms with Crippen LogP contribution in [0, 0.1) is 6.92 Å². The topological polar surface area (TPSA) is 60.8 Å². The predicted octanol–water partition coefficient (Wildman–Crippen LogP) is 3.02. The van der Waals surface area contributed by atoms with Gasteiger partial charge in [0.1, 0.15) is 0 Å². The predicted molar refractivity (Wildman–Crippen MR) is 105 cm³/mol. The summed E-state index contributed by atoms with van der Waals surface area (Å²) in [7, 11) is 1.99. The van der Waals surface area contributed by atoms with E-state index in [2.05, 4.69) is 20.7 Å². The van der Waals surface area contributed by atoms with Crippen molar-refractivity contribution in [2.45, 2.75) is 52.7 Å². The van der Waals surface area contributed by atoms with Crippen molar-refractivity contribution in [3.8, 4) is 0 Å². The summed E-state index contributed by atoms with van der Waals surface area (Å²) in [4.78, 5) is 11.1. The second-order valence-corrected chi connectivity index (χ2v) is 6.38. The summed E-state index contributed by atoms with van der Waals surface area (Å²) >= 11 is 1.66. The molecule has 1 heterocycles. The number of hydrogen-bond acceptors (Lipinski definition) is 4. The van der Waals surface area contributed by atoms with Crippen LogP contribution in [0.15, 0.2) is 10.4 Å². The van der Waals surface area contributed by atoms with Crippen LogP contribution in [0.4, 0.5) is 0 Å². The molecule has 0 atom stereocenters. The molecule has 1 rings (SSSR count). The van der Waals surface area contributed by atoms with Gasteiger partial charge in [-0.05, 0) is 26.7 Å². The van der Waals surface area contributed by atoms with Crippen molar-refractivity contribution in [1.82, 2.24) is 15.2 Å². The van der Waals surface area contributed by atoms with Gasteiger partial charge in [0.05, 0.1) is 29.4 Å². The highest BCUT2D eigenvalue weighted by Crippen LogP contribution is 2.15. The number of aliphatic hydroxyl groups is 1. The van der Waals surface area contributed by atoms with Crippen molar-refractivity contribution < 1.29 is 5.11 Å². The Morgan fingerprint density at radius 3 is 2.50 bits per heavy atom. The number of halogens is 1. The van der Waals surface area contributed by atoms with E-state index in [9.17, 15) is 5.11 Å². The van der Waals surface area contributed by atoms with Crippen molar-refractivity contribution in [2.75, 3.05) is 20.1 Å². The molecule has 0 fully saturated rings. The summed E-state index contributed by atoms with van der Waals surface area (Å²) in [5.41, 5.74) is 0.338. The molecule has 0 unspecified atom stereocenters. The van der Waals surface area contributed by atoms with Gasteiger partial charge in [0.15, 0.2) is 5.96 Å². The number of aromatic nitrogens is 1. The fraction of sp³-hybridized carbons (Fsp3) is 0.733. The lowest BCUT2D eigenvalue weighted by atomic mass is 9.98. The number of thiazole rings is 1. The van der Waals surface area contributed by atoms with Gasteiger partial charge in [-0.2, -0.15) is 0 Å². The molecule has 22 heavy (non-hydrogen) atoms. The number of rotatable bonds is 7. The highest BCUT2D eigenvalue weighted by molar-refractivity contribution is 14.0. The van der Waals surface area contributed by atoms with Crippen LogP contribution >= 0.6 is 35.3 Å². The minimum absolute atomic E-state index is 0. The first-order valence-electron chi connectivity index (χ1n) is 7.57. The maximum absolute atomic E-state index is 10.4. The molecule has 0 radical (unpaired) electrons. The van der Waals surface area contributed by atoms with Gasteiger partial charge in [-0.25, -0.2) is 4.98 Å². The summed E-state index contributed by atoms with van der Waals surface area (Å²) in [6.45, 7) is 9.98. The highest BCUT2D eigenvalue weighted by Gasteiger charge is 2.22. The van der Waals surface area contributed by atoms with Gasteiger partial charge < -0.3 is 15.3 Å². The van der Waals surface area contributed by atoms with E-state index in [1.54, 1.807) is 11.3 Å². The molecule has 1 aromatic rings. The van der Waals surface area contributed by atoms with Gasteiger partial charge in [-0.3, -0.25) is 4.99 Å². The molecule has 0 saturated heterocycles. The Bertz CT molecular complexity index is 460. The van der Waals surface area contributed by atoms with Gasteiger partial charge >= 0.3 is 0 Å². The van der Waals surface area contributed by atoms with E-state index in [1.807, 2.05) is 39.6 Å². The molecule has 0 aromatic carbocycles. The Hall–Kier alpha value is -0.410. The van der Waals surface area contributed by atoms with Gasteiger partial charge in [0, 0.05) is 19.0 Å². The van der Waals surface area contributed by atoms with Gasteiger partial charge in [0.25, 0.3) is 0 Å². The van der Waals surface area contributed by atoms with E-state index >= 15 is 0 Å². The van der Waals surface area contributed by atoms with Crippen molar-refractivity contribution in [3.05, 3.63) is 16.1 Å². The molecule has 0 amide bonds. The van der Waals surface area contributed by atoms with Crippen LogP contribution in [0.1, 0.15) is 44.3 Å². The largest absolute Gasteiger partial charge is 0.388 e. The van der Waals surface area contributed by atoms with Crippen LogP contribution in [-0.2, 0) is 6.54 Å². The van der Waals surface area contributed by atoms with Gasteiger partial charge in [-0.15, -0.1) is 35.3 Å². The maximum Gasteiger partial charge on any atom is 0.194 e. The van der Waals surface area contributed by atoms with Crippen LogP contribution in [0.2, 0.25) is 0 Å². The fourth-order valence-electron chi connectivity index (χ4n) is 1.96. The Balaban J connectivity index is 0.00000441. The molecule has 7 heteroatoms. The van der Waals surface area contributed by atoms with Crippen molar-refractivity contribution in [3.63, 3.8) is 0 Å². The quantitative estimate of drug-likeness (QED) is 0.389. The van der Waals surface area contributed by atoms with Crippen LogP contribution in [0.3, 0.4) is 0 Å². The van der Waals surface area contributed by atoms with E-state index in [4.69, 9.17) is 0 Å². The highest BCUT2D eigenvalue weighted by atomic mass is 127. The van der Waals surface area contributed by atoms with Crippen LogP contribution in [0.25, 0.3) is 0 Å². The molecule has 0 spiro atoms. The van der Waals surface area contributed by atoms with E-state index in [-0.39, 0.29) is 24.0 Å². The zero-order valence-corrected chi connectivity index (χ0v) is 17.4. The average Bonchev–Trinajstić information content (AvgIpc) is 2.88.